The lowest BCUT2D eigenvalue weighted by molar-refractivity contribution is 0.0107. The Hall–Kier alpha value is -1.18. The summed E-state index contributed by atoms with van der Waals surface area (Å²) in [6.07, 6.45) is 8.68. The summed E-state index contributed by atoms with van der Waals surface area (Å²) >= 11 is 0. The summed E-state index contributed by atoms with van der Waals surface area (Å²) in [5.74, 6) is 2.99. The molecule has 0 aliphatic heterocycles. The number of hydrogen-bond acceptors (Lipinski definition) is 2. The van der Waals surface area contributed by atoms with Gasteiger partial charge in [-0.15, -0.1) is 0 Å². The highest BCUT2D eigenvalue weighted by molar-refractivity contribution is 5.53. The van der Waals surface area contributed by atoms with E-state index in [1.807, 2.05) is 12.1 Å². The summed E-state index contributed by atoms with van der Waals surface area (Å²) in [5.41, 5.74) is 8.28. The molecular formula is C16H22N2. The standard InChI is InChI=1S/C16H22N2/c17-14-1-3-15(4-2-14)18-16-8-11-5-12(9-16)7-13(6-11)10-16/h1-4,11-13,18H,5-10,17H2. The van der Waals surface area contributed by atoms with Crippen LogP contribution >= 0.6 is 0 Å². The van der Waals surface area contributed by atoms with Crippen molar-refractivity contribution in [2.75, 3.05) is 11.1 Å². The number of hydrogen-bond donors (Lipinski definition) is 2. The highest BCUT2D eigenvalue weighted by Gasteiger charge is 2.50. The zero-order valence-corrected chi connectivity index (χ0v) is 10.9. The smallest absolute Gasteiger partial charge is 0.0381 e. The van der Waals surface area contributed by atoms with Crippen molar-refractivity contribution in [3.05, 3.63) is 24.3 Å². The van der Waals surface area contributed by atoms with Crippen molar-refractivity contribution >= 4 is 11.4 Å². The van der Waals surface area contributed by atoms with Gasteiger partial charge in [-0.2, -0.15) is 0 Å². The van der Waals surface area contributed by atoms with Crippen LogP contribution < -0.4 is 11.1 Å². The predicted octanol–water partition coefficient (Wildman–Crippen LogP) is 3.65. The lowest BCUT2D eigenvalue weighted by atomic mass is 9.53. The number of nitrogen functional groups attached to an aromatic ring is 1. The van der Waals surface area contributed by atoms with Gasteiger partial charge in [-0.3, -0.25) is 0 Å². The second kappa shape index (κ2) is 3.66. The summed E-state index contributed by atoms with van der Waals surface area (Å²) in [6, 6.07) is 8.27. The second-order valence-corrected chi connectivity index (χ2v) is 6.94. The third kappa shape index (κ3) is 1.70. The molecule has 96 valence electrons. The summed E-state index contributed by atoms with van der Waals surface area (Å²) in [6.45, 7) is 0. The first-order valence-corrected chi connectivity index (χ1v) is 7.34. The molecule has 0 saturated heterocycles. The van der Waals surface area contributed by atoms with Crippen LogP contribution in [0.2, 0.25) is 0 Å². The molecular weight excluding hydrogens is 220 g/mol. The normalized spacial score (nSPS) is 41.0. The highest BCUT2D eigenvalue weighted by atomic mass is 15.0. The van der Waals surface area contributed by atoms with Crippen molar-refractivity contribution in [2.24, 2.45) is 17.8 Å². The maximum atomic E-state index is 5.76. The van der Waals surface area contributed by atoms with Crippen LogP contribution in [0.3, 0.4) is 0 Å². The molecule has 0 heterocycles. The summed E-state index contributed by atoms with van der Waals surface area (Å²) < 4.78 is 0. The van der Waals surface area contributed by atoms with Gasteiger partial charge in [0.25, 0.3) is 0 Å². The van der Waals surface area contributed by atoms with E-state index in [1.54, 1.807) is 0 Å². The van der Waals surface area contributed by atoms with Gasteiger partial charge in [0.1, 0.15) is 0 Å². The molecule has 0 atom stereocenters. The fraction of sp³-hybridized carbons (Fsp3) is 0.625. The minimum Gasteiger partial charge on any atom is -0.399 e. The summed E-state index contributed by atoms with van der Waals surface area (Å²) in [7, 11) is 0. The molecule has 4 bridgehead atoms. The van der Waals surface area contributed by atoms with Gasteiger partial charge < -0.3 is 11.1 Å². The Morgan fingerprint density at radius 1 is 0.889 bits per heavy atom. The quantitative estimate of drug-likeness (QED) is 0.777. The molecule has 5 rings (SSSR count). The number of rotatable bonds is 2. The van der Waals surface area contributed by atoms with Crippen LogP contribution in [0.5, 0.6) is 0 Å². The zero-order chi connectivity index (χ0) is 12.2. The van der Waals surface area contributed by atoms with E-state index in [4.69, 9.17) is 5.73 Å². The van der Waals surface area contributed by atoms with E-state index in [1.165, 1.54) is 44.2 Å². The average Bonchev–Trinajstić information content (AvgIpc) is 2.30. The molecule has 18 heavy (non-hydrogen) atoms. The van der Waals surface area contributed by atoms with Crippen LogP contribution in [0.25, 0.3) is 0 Å². The second-order valence-electron chi connectivity index (χ2n) is 6.94. The van der Waals surface area contributed by atoms with Gasteiger partial charge in [0.2, 0.25) is 0 Å². The van der Waals surface area contributed by atoms with Crippen molar-refractivity contribution in [1.82, 2.24) is 0 Å². The molecule has 0 unspecified atom stereocenters. The van der Waals surface area contributed by atoms with Crippen molar-refractivity contribution in [1.29, 1.82) is 0 Å². The van der Waals surface area contributed by atoms with E-state index in [0.717, 1.165) is 23.4 Å². The van der Waals surface area contributed by atoms with Crippen molar-refractivity contribution in [2.45, 2.75) is 44.1 Å². The molecule has 4 aliphatic rings. The van der Waals surface area contributed by atoms with Gasteiger partial charge >= 0.3 is 0 Å². The molecule has 2 nitrogen and oxygen atoms in total. The van der Waals surface area contributed by atoms with E-state index in [9.17, 15) is 0 Å². The highest BCUT2D eigenvalue weighted by Crippen LogP contribution is 2.56. The maximum absolute atomic E-state index is 5.76. The molecule has 0 radical (unpaired) electrons. The predicted molar refractivity (Wildman–Crippen MR) is 75.4 cm³/mol. The Bertz CT molecular complexity index is 413. The third-order valence-electron chi connectivity index (χ3n) is 5.36. The van der Waals surface area contributed by atoms with Crippen LogP contribution in [0.1, 0.15) is 38.5 Å². The molecule has 4 fully saturated rings. The van der Waals surface area contributed by atoms with E-state index < -0.39 is 0 Å². The van der Waals surface area contributed by atoms with Crippen LogP contribution in [-0.2, 0) is 0 Å². The van der Waals surface area contributed by atoms with Gasteiger partial charge in [0.15, 0.2) is 0 Å². The van der Waals surface area contributed by atoms with Crippen molar-refractivity contribution in [3.8, 4) is 0 Å². The molecule has 2 heteroatoms. The number of anilines is 2. The van der Waals surface area contributed by atoms with Crippen LogP contribution in [-0.4, -0.2) is 5.54 Å². The molecule has 4 aliphatic carbocycles. The van der Waals surface area contributed by atoms with Gasteiger partial charge in [0, 0.05) is 16.9 Å². The number of nitrogens with one attached hydrogen (secondary N) is 1. The first-order chi connectivity index (χ1) is 8.71. The largest absolute Gasteiger partial charge is 0.399 e. The lowest BCUT2D eigenvalue weighted by Gasteiger charge is -2.57. The Morgan fingerprint density at radius 2 is 1.39 bits per heavy atom. The zero-order valence-electron chi connectivity index (χ0n) is 10.9. The number of benzene rings is 1. The topological polar surface area (TPSA) is 38.0 Å². The van der Waals surface area contributed by atoms with Gasteiger partial charge in [0.05, 0.1) is 0 Å². The molecule has 1 aromatic carbocycles. The summed E-state index contributed by atoms with van der Waals surface area (Å²) in [4.78, 5) is 0. The Morgan fingerprint density at radius 3 is 1.89 bits per heavy atom. The Balaban J connectivity index is 1.58. The Labute approximate surface area is 109 Å². The summed E-state index contributed by atoms with van der Waals surface area (Å²) in [5, 5.41) is 3.86. The average molecular weight is 242 g/mol. The van der Waals surface area contributed by atoms with E-state index in [2.05, 4.69) is 17.4 Å². The molecule has 3 N–H and O–H groups in total. The number of nitrogens with two attached hydrogens (primary N) is 1. The SMILES string of the molecule is Nc1ccc(NC23CC4CC(CC(C4)C2)C3)cc1. The molecule has 0 spiro atoms. The monoisotopic (exact) mass is 242 g/mol. The van der Waals surface area contributed by atoms with E-state index >= 15 is 0 Å². The van der Waals surface area contributed by atoms with E-state index in [-0.39, 0.29) is 0 Å². The maximum Gasteiger partial charge on any atom is 0.0381 e. The molecule has 4 saturated carbocycles. The third-order valence-corrected chi connectivity index (χ3v) is 5.36. The van der Waals surface area contributed by atoms with Crippen LogP contribution in [0.4, 0.5) is 11.4 Å². The van der Waals surface area contributed by atoms with Gasteiger partial charge in [-0.1, -0.05) is 0 Å². The minimum atomic E-state index is 0.408. The van der Waals surface area contributed by atoms with Crippen LogP contribution in [0.15, 0.2) is 24.3 Å². The Kier molecular flexibility index (Phi) is 2.18. The van der Waals surface area contributed by atoms with Crippen molar-refractivity contribution in [3.63, 3.8) is 0 Å². The van der Waals surface area contributed by atoms with Gasteiger partial charge in [-0.25, -0.2) is 0 Å². The minimum absolute atomic E-state index is 0.408. The van der Waals surface area contributed by atoms with Gasteiger partial charge in [-0.05, 0) is 80.5 Å². The first kappa shape index (κ1) is 10.7. The lowest BCUT2D eigenvalue weighted by Crippen LogP contribution is -2.54. The molecule has 0 aromatic heterocycles. The fourth-order valence-electron chi connectivity index (χ4n) is 5.14. The van der Waals surface area contributed by atoms with Crippen molar-refractivity contribution < 1.29 is 0 Å². The van der Waals surface area contributed by atoms with Crippen LogP contribution in [0, 0.1) is 17.8 Å². The first-order valence-electron chi connectivity index (χ1n) is 7.34. The molecule has 0 amide bonds. The van der Waals surface area contributed by atoms with E-state index in [0.29, 0.717) is 5.54 Å². The molecule has 1 aromatic rings. The fourth-order valence-corrected chi connectivity index (χ4v) is 5.14.